The van der Waals surface area contributed by atoms with Crippen LogP contribution in [-0.2, 0) is 15.1 Å². The zero-order chi connectivity index (χ0) is 14.6. The van der Waals surface area contributed by atoms with Crippen LogP contribution in [0.5, 0.6) is 0 Å². The van der Waals surface area contributed by atoms with Crippen LogP contribution >= 0.6 is 0 Å². The van der Waals surface area contributed by atoms with Crippen molar-refractivity contribution in [1.29, 1.82) is 0 Å². The number of methoxy groups -OCH3 is 1. The molecule has 3 nitrogen and oxygen atoms in total. The number of hydrogen-bond acceptors (Lipinski definition) is 3. The molecule has 1 unspecified atom stereocenters. The molecule has 20 heavy (non-hydrogen) atoms. The molecule has 3 heteroatoms. The summed E-state index contributed by atoms with van der Waals surface area (Å²) in [6.45, 7) is 3.98. The van der Waals surface area contributed by atoms with E-state index < -0.39 is 5.54 Å². The van der Waals surface area contributed by atoms with Crippen molar-refractivity contribution in [3.63, 3.8) is 0 Å². The lowest BCUT2D eigenvalue weighted by atomic mass is 9.85. The van der Waals surface area contributed by atoms with Crippen LogP contribution in [0.25, 0.3) is 0 Å². The van der Waals surface area contributed by atoms with E-state index in [1.54, 1.807) is 0 Å². The molecular weight excluding hydrogens is 250 g/mol. The van der Waals surface area contributed by atoms with Gasteiger partial charge < -0.3 is 4.74 Å². The molecule has 0 aliphatic heterocycles. The van der Waals surface area contributed by atoms with Gasteiger partial charge in [0.05, 0.1) is 7.11 Å². The van der Waals surface area contributed by atoms with Crippen molar-refractivity contribution in [3.8, 4) is 0 Å². The maximum atomic E-state index is 12.4. The number of carbonyl (C=O) groups is 1. The van der Waals surface area contributed by atoms with E-state index in [1.807, 2.05) is 38.1 Å². The predicted molar refractivity (Wildman–Crippen MR) is 80.6 cm³/mol. The molecule has 1 fully saturated rings. The Balaban J connectivity index is 2.30. The minimum atomic E-state index is -0.762. The molecule has 0 bridgehead atoms. The largest absolute Gasteiger partial charge is 0.467 e. The molecule has 1 N–H and O–H groups in total. The zero-order valence-electron chi connectivity index (χ0n) is 12.7. The average Bonchev–Trinajstić information content (AvgIpc) is 2.47. The standard InChI is InChI=1S/C17H25NO2/c1-13-9-7-8-12-15(13)17(2,16(19)20-3)18-14-10-5-4-6-11-14/h7-9,12,14,18H,4-6,10-11H2,1-3H3. The van der Waals surface area contributed by atoms with Crippen LogP contribution in [-0.4, -0.2) is 19.1 Å². The van der Waals surface area contributed by atoms with Crippen molar-refractivity contribution in [2.75, 3.05) is 7.11 Å². The molecule has 1 aromatic rings. The Kier molecular flexibility index (Phi) is 4.81. The van der Waals surface area contributed by atoms with E-state index in [9.17, 15) is 4.79 Å². The van der Waals surface area contributed by atoms with Crippen LogP contribution in [0.4, 0.5) is 0 Å². The number of aryl methyl sites for hydroxylation is 1. The van der Waals surface area contributed by atoms with E-state index in [0.29, 0.717) is 6.04 Å². The Morgan fingerprint density at radius 1 is 1.25 bits per heavy atom. The van der Waals surface area contributed by atoms with Crippen LogP contribution < -0.4 is 5.32 Å². The first-order chi connectivity index (χ1) is 9.58. The summed E-state index contributed by atoms with van der Waals surface area (Å²) in [5, 5.41) is 3.57. The number of esters is 1. The van der Waals surface area contributed by atoms with E-state index in [-0.39, 0.29) is 5.97 Å². The summed E-state index contributed by atoms with van der Waals surface area (Å²) in [5.74, 6) is -0.211. The Hall–Kier alpha value is -1.35. The molecular formula is C17H25NO2. The number of ether oxygens (including phenoxy) is 1. The normalized spacial score (nSPS) is 19.4. The third kappa shape index (κ3) is 3.04. The first-order valence-electron chi connectivity index (χ1n) is 7.50. The molecule has 0 heterocycles. The number of rotatable bonds is 4. The maximum Gasteiger partial charge on any atom is 0.330 e. The van der Waals surface area contributed by atoms with Gasteiger partial charge in [0.25, 0.3) is 0 Å². The first-order valence-corrected chi connectivity index (χ1v) is 7.50. The van der Waals surface area contributed by atoms with Crippen molar-refractivity contribution >= 4 is 5.97 Å². The highest BCUT2D eigenvalue weighted by atomic mass is 16.5. The van der Waals surface area contributed by atoms with Crippen LogP contribution in [0.15, 0.2) is 24.3 Å². The lowest BCUT2D eigenvalue weighted by Gasteiger charge is -2.35. The first kappa shape index (κ1) is 15.0. The molecule has 1 aliphatic rings. The molecule has 0 aromatic heterocycles. The van der Waals surface area contributed by atoms with Crippen molar-refractivity contribution in [1.82, 2.24) is 5.32 Å². The van der Waals surface area contributed by atoms with Crippen LogP contribution in [0, 0.1) is 6.92 Å². The Morgan fingerprint density at radius 2 is 1.90 bits per heavy atom. The highest BCUT2D eigenvalue weighted by Crippen LogP contribution is 2.29. The molecule has 110 valence electrons. The Bertz CT molecular complexity index is 466. The summed E-state index contributed by atoms with van der Waals surface area (Å²) < 4.78 is 5.06. The highest BCUT2D eigenvalue weighted by molar-refractivity contribution is 5.82. The molecule has 1 aliphatic carbocycles. The van der Waals surface area contributed by atoms with Gasteiger partial charge in [-0.1, -0.05) is 43.5 Å². The minimum absolute atomic E-state index is 0.211. The average molecular weight is 275 g/mol. The lowest BCUT2D eigenvalue weighted by molar-refractivity contribution is -0.149. The predicted octanol–water partition coefficient (Wildman–Crippen LogP) is 3.31. The van der Waals surface area contributed by atoms with E-state index in [2.05, 4.69) is 5.32 Å². The Morgan fingerprint density at radius 3 is 2.50 bits per heavy atom. The second-order valence-electron chi connectivity index (χ2n) is 5.91. The molecule has 1 saturated carbocycles. The quantitative estimate of drug-likeness (QED) is 0.857. The lowest BCUT2D eigenvalue weighted by Crippen LogP contribution is -2.52. The molecule has 0 amide bonds. The second kappa shape index (κ2) is 6.40. The summed E-state index contributed by atoms with van der Waals surface area (Å²) in [5.41, 5.74) is 1.36. The number of benzene rings is 1. The third-order valence-electron chi connectivity index (χ3n) is 4.38. The summed E-state index contributed by atoms with van der Waals surface area (Å²) in [6.07, 6.45) is 6.06. The van der Waals surface area contributed by atoms with Crippen LogP contribution in [0.1, 0.15) is 50.2 Å². The summed E-state index contributed by atoms with van der Waals surface area (Å²) in [7, 11) is 1.46. The molecule has 0 spiro atoms. The van der Waals surface area contributed by atoms with Gasteiger partial charge in [0.2, 0.25) is 0 Å². The summed E-state index contributed by atoms with van der Waals surface area (Å²) in [4.78, 5) is 12.4. The van der Waals surface area contributed by atoms with Gasteiger partial charge in [-0.15, -0.1) is 0 Å². The monoisotopic (exact) mass is 275 g/mol. The fourth-order valence-electron chi connectivity index (χ4n) is 3.24. The number of hydrogen-bond donors (Lipinski definition) is 1. The van der Waals surface area contributed by atoms with Gasteiger partial charge in [-0.2, -0.15) is 0 Å². The zero-order valence-corrected chi connectivity index (χ0v) is 12.7. The number of carbonyl (C=O) groups excluding carboxylic acids is 1. The van der Waals surface area contributed by atoms with Gasteiger partial charge in [-0.05, 0) is 37.8 Å². The smallest absolute Gasteiger partial charge is 0.330 e. The fraction of sp³-hybridized carbons (Fsp3) is 0.588. The molecule has 0 radical (unpaired) electrons. The van der Waals surface area contributed by atoms with Gasteiger partial charge in [-0.3, -0.25) is 5.32 Å². The molecule has 2 rings (SSSR count). The van der Waals surface area contributed by atoms with E-state index in [4.69, 9.17) is 4.74 Å². The van der Waals surface area contributed by atoms with Gasteiger partial charge in [0.1, 0.15) is 5.54 Å². The summed E-state index contributed by atoms with van der Waals surface area (Å²) in [6, 6.07) is 8.43. The third-order valence-corrected chi connectivity index (χ3v) is 4.38. The SMILES string of the molecule is COC(=O)C(C)(NC1CCCCC1)c1ccccc1C. The van der Waals surface area contributed by atoms with Gasteiger partial charge in [0, 0.05) is 6.04 Å². The van der Waals surface area contributed by atoms with E-state index in [1.165, 1.54) is 26.4 Å². The van der Waals surface area contributed by atoms with Gasteiger partial charge >= 0.3 is 5.97 Å². The highest BCUT2D eigenvalue weighted by Gasteiger charge is 2.39. The van der Waals surface area contributed by atoms with E-state index >= 15 is 0 Å². The van der Waals surface area contributed by atoms with Crippen molar-refractivity contribution < 1.29 is 9.53 Å². The van der Waals surface area contributed by atoms with Crippen molar-refractivity contribution in [3.05, 3.63) is 35.4 Å². The van der Waals surface area contributed by atoms with Gasteiger partial charge in [0.15, 0.2) is 0 Å². The fourth-order valence-corrected chi connectivity index (χ4v) is 3.24. The van der Waals surface area contributed by atoms with Crippen LogP contribution in [0.3, 0.4) is 0 Å². The molecule has 0 saturated heterocycles. The van der Waals surface area contributed by atoms with Crippen molar-refractivity contribution in [2.45, 2.75) is 57.5 Å². The molecule has 1 atom stereocenters. The topological polar surface area (TPSA) is 38.3 Å². The second-order valence-corrected chi connectivity index (χ2v) is 5.91. The Labute approximate surface area is 121 Å². The maximum absolute atomic E-state index is 12.4. The van der Waals surface area contributed by atoms with Gasteiger partial charge in [-0.25, -0.2) is 4.79 Å². The van der Waals surface area contributed by atoms with Crippen LogP contribution in [0.2, 0.25) is 0 Å². The van der Waals surface area contributed by atoms with E-state index in [0.717, 1.165) is 24.0 Å². The van der Waals surface area contributed by atoms with Crippen molar-refractivity contribution in [2.24, 2.45) is 0 Å². The molecule has 1 aromatic carbocycles. The minimum Gasteiger partial charge on any atom is -0.467 e. The number of nitrogens with one attached hydrogen (secondary N) is 1. The summed E-state index contributed by atoms with van der Waals surface area (Å²) >= 11 is 0.